The predicted octanol–water partition coefficient (Wildman–Crippen LogP) is 1.96. The molecule has 3 rings (SSSR count). The number of aliphatic hydroxyl groups is 1. The number of rotatable bonds is 3. The van der Waals surface area contributed by atoms with Crippen LogP contribution in [0.25, 0.3) is 0 Å². The zero-order valence-corrected chi connectivity index (χ0v) is 13.2. The fourth-order valence-electron chi connectivity index (χ4n) is 3.91. The molecule has 1 aromatic heterocycles. The first kappa shape index (κ1) is 15.3. The van der Waals surface area contributed by atoms with Crippen LogP contribution in [0.5, 0.6) is 0 Å². The second-order valence-electron chi connectivity index (χ2n) is 6.47. The number of β-amino-alcohol motifs (C(OH)–C–C–N with tert-alkyl or cyclic N) is 1. The Balaban J connectivity index is 1.83. The number of pyridine rings is 1. The first-order valence-electron chi connectivity index (χ1n) is 8.33. The molecule has 1 aliphatic carbocycles. The van der Waals surface area contributed by atoms with Gasteiger partial charge in [-0.3, -0.25) is 4.79 Å². The van der Waals surface area contributed by atoms with Crippen LogP contribution in [0.4, 0.5) is 5.82 Å². The highest BCUT2D eigenvalue weighted by Gasteiger charge is 2.37. The topological polar surface area (TPSA) is 65.5 Å². The van der Waals surface area contributed by atoms with E-state index in [1.165, 1.54) is 32.1 Å². The average Bonchev–Trinajstić information content (AvgIpc) is 2.97. The molecule has 2 N–H and O–H groups in total. The predicted molar refractivity (Wildman–Crippen MR) is 86.0 cm³/mol. The lowest BCUT2D eigenvalue weighted by Crippen LogP contribution is -2.37. The zero-order valence-electron chi connectivity index (χ0n) is 13.2. The van der Waals surface area contributed by atoms with Crippen molar-refractivity contribution < 1.29 is 9.90 Å². The van der Waals surface area contributed by atoms with Gasteiger partial charge in [0.05, 0.1) is 6.10 Å². The number of carbonyl (C=O) groups excluding carboxylic acids is 1. The number of hydrogen-bond donors (Lipinski definition) is 2. The summed E-state index contributed by atoms with van der Waals surface area (Å²) in [6, 6.07) is 5.89. The molecule has 2 aliphatic rings. The van der Waals surface area contributed by atoms with E-state index in [4.69, 9.17) is 0 Å². The van der Waals surface area contributed by atoms with Gasteiger partial charge in [0.2, 0.25) is 0 Å². The van der Waals surface area contributed by atoms with E-state index in [9.17, 15) is 9.90 Å². The van der Waals surface area contributed by atoms with E-state index in [1.54, 1.807) is 13.1 Å². The van der Waals surface area contributed by atoms with E-state index in [0.29, 0.717) is 24.2 Å². The molecule has 5 heteroatoms. The molecule has 1 aromatic rings. The second kappa shape index (κ2) is 6.65. The molecular formula is C17H25N3O2. The third-order valence-electron chi connectivity index (χ3n) is 5.00. The Labute approximate surface area is 131 Å². The monoisotopic (exact) mass is 303 g/mol. The van der Waals surface area contributed by atoms with Crippen LogP contribution >= 0.6 is 0 Å². The third-order valence-corrected chi connectivity index (χ3v) is 5.00. The van der Waals surface area contributed by atoms with Crippen molar-refractivity contribution in [2.45, 2.75) is 50.7 Å². The van der Waals surface area contributed by atoms with E-state index < -0.39 is 0 Å². The lowest BCUT2D eigenvalue weighted by Gasteiger charge is -2.34. The van der Waals surface area contributed by atoms with Crippen LogP contribution in [-0.4, -0.2) is 41.7 Å². The maximum atomic E-state index is 11.8. The molecule has 1 saturated heterocycles. The number of nitrogens with one attached hydrogen (secondary N) is 1. The minimum atomic E-state index is -0.294. The molecule has 5 nitrogen and oxygen atoms in total. The molecule has 1 aliphatic heterocycles. The van der Waals surface area contributed by atoms with Gasteiger partial charge in [-0.15, -0.1) is 0 Å². The summed E-state index contributed by atoms with van der Waals surface area (Å²) in [5.41, 5.74) is 0.434. The molecule has 0 aromatic carbocycles. The molecule has 22 heavy (non-hydrogen) atoms. The molecule has 2 heterocycles. The highest BCUT2D eigenvalue weighted by atomic mass is 16.3. The number of aromatic nitrogens is 1. The summed E-state index contributed by atoms with van der Waals surface area (Å²) in [5, 5.41) is 12.8. The van der Waals surface area contributed by atoms with Gasteiger partial charge in [0.15, 0.2) is 0 Å². The molecule has 120 valence electrons. The number of amides is 1. The van der Waals surface area contributed by atoms with Gasteiger partial charge in [0.25, 0.3) is 5.91 Å². The van der Waals surface area contributed by atoms with Crippen molar-refractivity contribution in [2.75, 3.05) is 18.5 Å². The minimum Gasteiger partial charge on any atom is -0.391 e. The van der Waals surface area contributed by atoms with Crippen molar-refractivity contribution in [1.29, 1.82) is 0 Å². The van der Waals surface area contributed by atoms with Crippen LogP contribution < -0.4 is 10.2 Å². The van der Waals surface area contributed by atoms with E-state index in [2.05, 4.69) is 15.2 Å². The van der Waals surface area contributed by atoms with Crippen LogP contribution in [0.2, 0.25) is 0 Å². The molecule has 0 bridgehead atoms. The Morgan fingerprint density at radius 2 is 2.09 bits per heavy atom. The largest absolute Gasteiger partial charge is 0.391 e. The standard InChI is InChI=1S/C17H25N3O2/c1-18-17(22)14-8-5-9-16(19-14)20-11-13(21)10-15(20)12-6-3-2-4-7-12/h5,8-9,12-13,15,21H,2-4,6-7,10-11H2,1H3,(H,18,22)/t13-,15+/m1/s1. The Morgan fingerprint density at radius 3 is 2.82 bits per heavy atom. The van der Waals surface area contributed by atoms with E-state index in [0.717, 1.165) is 12.2 Å². The summed E-state index contributed by atoms with van der Waals surface area (Å²) in [7, 11) is 1.61. The first-order chi connectivity index (χ1) is 10.7. The van der Waals surface area contributed by atoms with Crippen molar-refractivity contribution >= 4 is 11.7 Å². The zero-order chi connectivity index (χ0) is 15.5. The van der Waals surface area contributed by atoms with E-state index in [1.807, 2.05) is 12.1 Å². The number of anilines is 1. The van der Waals surface area contributed by atoms with E-state index in [-0.39, 0.29) is 12.0 Å². The van der Waals surface area contributed by atoms with Crippen LogP contribution in [-0.2, 0) is 0 Å². The number of aliphatic hydroxyl groups excluding tert-OH is 1. The summed E-state index contributed by atoms with van der Waals surface area (Å²) >= 11 is 0. The lowest BCUT2D eigenvalue weighted by molar-refractivity contribution is 0.0958. The van der Waals surface area contributed by atoms with Gasteiger partial charge in [-0.1, -0.05) is 25.3 Å². The van der Waals surface area contributed by atoms with Crippen LogP contribution in [0, 0.1) is 5.92 Å². The molecular weight excluding hydrogens is 278 g/mol. The van der Waals surface area contributed by atoms with Crippen LogP contribution in [0.1, 0.15) is 49.0 Å². The second-order valence-corrected chi connectivity index (χ2v) is 6.47. The number of carbonyl (C=O) groups is 1. The minimum absolute atomic E-state index is 0.171. The fraction of sp³-hybridized carbons (Fsp3) is 0.647. The molecule has 1 amide bonds. The van der Waals surface area contributed by atoms with Gasteiger partial charge in [-0.25, -0.2) is 4.98 Å². The molecule has 0 unspecified atom stereocenters. The van der Waals surface area contributed by atoms with Gasteiger partial charge in [-0.2, -0.15) is 0 Å². The number of hydrogen-bond acceptors (Lipinski definition) is 4. The van der Waals surface area contributed by atoms with Crippen LogP contribution in [0.3, 0.4) is 0 Å². The third kappa shape index (κ3) is 3.09. The maximum absolute atomic E-state index is 11.8. The molecule has 2 fully saturated rings. The molecule has 0 radical (unpaired) electrons. The van der Waals surface area contributed by atoms with Crippen molar-refractivity contribution in [3.8, 4) is 0 Å². The Kier molecular flexibility index (Phi) is 4.62. The highest BCUT2D eigenvalue weighted by molar-refractivity contribution is 5.92. The SMILES string of the molecule is CNC(=O)c1cccc(N2C[C@H](O)C[C@H]2C2CCCCC2)n1. The molecule has 2 atom stereocenters. The van der Waals surface area contributed by atoms with E-state index >= 15 is 0 Å². The van der Waals surface area contributed by atoms with Gasteiger partial charge < -0.3 is 15.3 Å². The van der Waals surface area contributed by atoms with Crippen molar-refractivity contribution in [3.63, 3.8) is 0 Å². The maximum Gasteiger partial charge on any atom is 0.269 e. The smallest absolute Gasteiger partial charge is 0.269 e. The summed E-state index contributed by atoms with van der Waals surface area (Å²) in [5.74, 6) is 1.28. The summed E-state index contributed by atoms with van der Waals surface area (Å²) in [4.78, 5) is 18.5. The Hall–Kier alpha value is -1.62. The highest BCUT2D eigenvalue weighted by Crippen LogP contribution is 2.36. The van der Waals surface area contributed by atoms with Crippen LogP contribution in [0.15, 0.2) is 18.2 Å². The van der Waals surface area contributed by atoms with Crippen molar-refractivity contribution in [2.24, 2.45) is 5.92 Å². The Morgan fingerprint density at radius 1 is 1.32 bits per heavy atom. The molecule has 1 saturated carbocycles. The quantitative estimate of drug-likeness (QED) is 0.896. The fourth-order valence-corrected chi connectivity index (χ4v) is 3.91. The average molecular weight is 303 g/mol. The summed E-state index contributed by atoms with van der Waals surface area (Å²) in [6.07, 6.45) is 6.91. The van der Waals surface area contributed by atoms with Crippen molar-refractivity contribution in [3.05, 3.63) is 23.9 Å². The van der Waals surface area contributed by atoms with Gasteiger partial charge in [-0.05, 0) is 37.3 Å². The van der Waals surface area contributed by atoms with Gasteiger partial charge in [0, 0.05) is 19.6 Å². The van der Waals surface area contributed by atoms with Gasteiger partial charge >= 0.3 is 0 Å². The summed E-state index contributed by atoms with van der Waals surface area (Å²) < 4.78 is 0. The normalized spacial score (nSPS) is 26.2. The van der Waals surface area contributed by atoms with Crippen molar-refractivity contribution in [1.82, 2.24) is 10.3 Å². The first-order valence-corrected chi connectivity index (χ1v) is 8.33. The number of nitrogens with zero attached hydrogens (tertiary/aromatic N) is 2. The van der Waals surface area contributed by atoms with Gasteiger partial charge in [0.1, 0.15) is 11.5 Å². The Bertz CT molecular complexity index is 528. The lowest BCUT2D eigenvalue weighted by atomic mass is 9.83. The molecule has 0 spiro atoms. The summed E-state index contributed by atoms with van der Waals surface area (Å²) in [6.45, 7) is 0.616.